The zero-order valence-corrected chi connectivity index (χ0v) is 10.3. The van der Waals surface area contributed by atoms with Crippen LogP contribution in [0.1, 0.15) is 11.1 Å². The molecule has 2 N–H and O–H groups in total. The number of nitrogens with two attached hydrogens (primary N) is 1. The Morgan fingerprint density at radius 3 is 2.08 bits per heavy atom. The van der Waals surface area contributed by atoms with E-state index in [-0.39, 0.29) is 32.7 Å². The van der Waals surface area contributed by atoms with Gasteiger partial charge in [-0.2, -0.15) is 24.1 Å². The zero-order chi connectivity index (χ0) is 8.69. The van der Waals surface area contributed by atoms with Crippen LogP contribution >= 0.6 is 0 Å². The second-order valence-electron chi connectivity index (χ2n) is 2.16. The molecule has 0 spiro atoms. The van der Waals surface area contributed by atoms with Crippen molar-refractivity contribution in [1.29, 1.82) is 0 Å². The first-order valence-corrected chi connectivity index (χ1v) is 3.42. The van der Waals surface area contributed by atoms with Crippen LogP contribution in [0.25, 0.3) is 0 Å². The van der Waals surface area contributed by atoms with Crippen LogP contribution in [0.2, 0.25) is 0 Å². The molecule has 0 aliphatic heterocycles. The number of aryl methyl sites for hydroxylation is 1. The minimum Gasteiger partial charge on any atom is -0.405 e. The first kappa shape index (κ1) is 14.3. The minimum atomic E-state index is 0. The second-order valence-corrected chi connectivity index (χ2v) is 2.16. The van der Waals surface area contributed by atoms with Gasteiger partial charge in [-0.1, -0.05) is 19.6 Å². The minimum absolute atomic E-state index is 0. The van der Waals surface area contributed by atoms with Gasteiger partial charge in [0, 0.05) is 32.7 Å². The Labute approximate surface area is 99.9 Å². The van der Waals surface area contributed by atoms with Crippen LogP contribution in [0.4, 0.5) is 0 Å². The van der Waals surface area contributed by atoms with Crippen molar-refractivity contribution in [2.45, 2.75) is 6.92 Å². The monoisotopic (exact) mass is 237 g/mol. The predicted molar refractivity (Wildman–Crippen MR) is 50.0 cm³/mol. The van der Waals surface area contributed by atoms with Crippen molar-refractivity contribution < 1.29 is 32.7 Å². The molecule has 2 heteroatoms. The Kier molecular flexibility index (Phi) is 10.5. The van der Waals surface area contributed by atoms with E-state index in [4.69, 9.17) is 0 Å². The van der Waals surface area contributed by atoms with E-state index < -0.39 is 0 Å². The summed E-state index contributed by atoms with van der Waals surface area (Å²) in [5.74, 6) is 0. The number of hydrogen-bond donors (Lipinski definition) is 1. The molecule has 1 rings (SSSR count). The Morgan fingerprint density at radius 1 is 1.42 bits per heavy atom. The third-order valence-electron chi connectivity index (χ3n) is 1.26. The van der Waals surface area contributed by atoms with Gasteiger partial charge in [0.15, 0.2) is 0 Å². The van der Waals surface area contributed by atoms with Crippen LogP contribution < -0.4 is 5.73 Å². The van der Waals surface area contributed by atoms with E-state index in [0.29, 0.717) is 0 Å². The van der Waals surface area contributed by atoms with Crippen molar-refractivity contribution in [2.75, 3.05) is 0 Å². The first-order valence-electron chi connectivity index (χ1n) is 3.42. The molecular formula is C10H14NY-. The maximum atomic E-state index is 4.61. The van der Waals surface area contributed by atoms with Crippen molar-refractivity contribution in [2.24, 2.45) is 5.73 Å². The molecule has 63 valence electrons. The molecule has 12 heavy (non-hydrogen) atoms. The molecule has 0 aliphatic rings. The van der Waals surface area contributed by atoms with Gasteiger partial charge in [0.2, 0.25) is 0 Å². The Hall–Kier alpha value is -0.266. The fraction of sp³-hybridized carbons (Fsp3) is 0.100. The van der Waals surface area contributed by atoms with Crippen LogP contribution in [-0.4, -0.2) is 0 Å². The normalized spacial score (nSPS) is 7.08. The van der Waals surface area contributed by atoms with Gasteiger partial charge in [-0.05, 0) is 6.20 Å². The molecule has 1 nitrogen and oxygen atoms in total. The summed E-state index contributed by atoms with van der Waals surface area (Å²) < 4.78 is 0. The van der Waals surface area contributed by atoms with E-state index in [1.165, 1.54) is 11.8 Å². The molecular weight excluding hydrogens is 223 g/mol. The molecule has 1 aromatic carbocycles. The topological polar surface area (TPSA) is 26.0 Å². The molecule has 0 saturated heterocycles. The number of benzene rings is 1. The summed E-state index contributed by atoms with van der Waals surface area (Å²) in [6.07, 6.45) is 1.25. The summed E-state index contributed by atoms with van der Waals surface area (Å²) in [5, 5.41) is 0. The summed E-state index contributed by atoms with van der Waals surface area (Å²) in [7, 11) is 0. The molecule has 0 saturated carbocycles. The predicted octanol–water partition coefficient (Wildman–Crippen LogP) is 2.26. The van der Waals surface area contributed by atoms with Gasteiger partial charge >= 0.3 is 0 Å². The van der Waals surface area contributed by atoms with Crippen LogP contribution in [0.15, 0.2) is 37.0 Å². The first-order chi connectivity index (χ1) is 5.22. The molecule has 0 fully saturated rings. The molecule has 1 aromatic rings. The number of rotatable bonds is 0. The van der Waals surface area contributed by atoms with Crippen molar-refractivity contribution in [3.63, 3.8) is 0 Å². The summed E-state index contributed by atoms with van der Waals surface area (Å²) in [5.41, 5.74) is 6.99. The molecule has 0 amide bonds. The van der Waals surface area contributed by atoms with Gasteiger partial charge in [0.05, 0.1) is 0 Å². The van der Waals surface area contributed by atoms with Crippen molar-refractivity contribution in [3.8, 4) is 0 Å². The third kappa shape index (κ3) is 6.44. The quantitative estimate of drug-likeness (QED) is 0.688. The third-order valence-corrected chi connectivity index (χ3v) is 1.26. The molecule has 0 atom stereocenters. The molecule has 0 aliphatic carbocycles. The van der Waals surface area contributed by atoms with E-state index in [9.17, 15) is 0 Å². The van der Waals surface area contributed by atoms with Gasteiger partial charge in [0.25, 0.3) is 0 Å². The van der Waals surface area contributed by atoms with Gasteiger partial charge in [-0.25, -0.2) is 0 Å². The molecule has 0 heterocycles. The molecule has 0 unspecified atom stereocenters. The average Bonchev–Trinajstić information content (AvgIpc) is 1.97. The average molecular weight is 237 g/mol. The summed E-state index contributed by atoms with van der Waals surface area (Å²) in [6.45, 7) is 9.02. The van der Waals surface area contributed by atoms with Gasteiger partial charge in [0.1, 0.15) is 0 Å². The molecule has 0 aromatic heterocycles. The fourth-order valence-electron chi connectivity index (χ4n) is 0.610. The largest absolute Gasteiger partial charge is 0.405 e. The van der Waals surface area contributed by atoms with Crippen LogP contribution in [0.5, 0.6) is 0 Å². The van der Waals surface area contributed by atoms with E-state index in [1.54, 1.807) is 0 Å². The Balaban J connectivity index is 0. The second kappa shape index (κ2) is 8.83. The van der Waals surface area contributed by atoms with Gasteiger partial charge < -0.3 is 5.73 Å². The standard InChI is InChI=1S/C8H9.C2H5N.Y/c1-7-5-3-4-6-8(7)2;1-2-3;/h3-6H,1H2,2H3;2H,1,3H2;/q-1;;. The zero-order valence-electron chi connectivity index (χ0n) is 7.46. The smallest absolute Gasteiger partial charge is 0 e. The van der Waals surface area contributed by atoms with E-state index in [2.05, 4.69) is 32.2 Å². The molecule has 1 radical (unpaired) electrons. The van der Waals surface area contributed by atoms with E-state index >= 15 is 0 Å². The number of hydrogen-bond acceptors (Lipinski definition) is 1. The van der Waals surface area contributed by atoms with Gasteiger partial charge in [-0.3, -0.25) is 0 Å². The van der Waals surface area contributed by atoms with Crippen LogP contribution in [0, 0.1) is 13.8 Å². The molecule has 0 bridgehead atoms. The van der Waals surface area contributed by atoms with Crippen molar-refractivity contribution in [3.05, 3.63) is 55.1 Å². The van der Waals surface area contributed by atoms with Crippen molar-refractivity contribution in [1.82, 2.24) is 0 Å². The van der Waals surface area contributed by atoms with Crippen LogP contribution in [0.3, 0.4) is 0 Å². The summed E-state index contributed by atoms with van der Waals surface area (Å²) >= 11 is 0. The van der Waals surface area contributed by atoms with Crippen LogP contribution in [-0.2, 0) is 32.7 Å². The Morgan fingerprint density at radius 2 is 1.83 bits per heavy atom. The van der Waals surface area contributed by atoms with Gasteiger partial charge in [-0.15, -0.1) is 12.1 Å². The fourth-order valence-corrected chi connectivity index (χ4v) is 0.610. The van der Waals surface area contributed by atoms with E-state index in [0.717, 1.165) is 5.56 Å². The van der Waals surface area contributed by atoms with E-state index in [1.807, 2.05) is 18.2 Å². The maximum Gasteiger partial charge on any atom is 0 e. The SMILES string of the molecule is C=CN.[CH2-]c1ccccc1C.[Y]. The Bertz CT molecular complexity index is 200. The maximum absolute atomic E-state index is 4.61. The summed E-state index contributed by atoms with van der Waals surface area (Å²) in [4.78, 5) is 0. The summed E-state index contributed by atoms with van der Waals surface area (Å²) in [6, 6.07) is 8.08. The van der Waals surface area contributed by atoms with Crippen molar-refractivity contribution >= 4 is 0 Å².